The fraction of sp³-hybridized carbons (Fsp3) is 0.923. The average molecular weight is 254 g/mol. The molecule has 0 saturated carbocycles. The van der Waals surface area contributed by atoms with Crippen molar-refractivity contribution in [3.05, 3.63) is 0 Å². The minimum absolute atomic E-state index is 0.00285. The molecular weight excluding hydrogens is 228 g/mol. The molecule has 3 N–H and O–H groups in total. The Kier molecular flexibility index (Phi) is 5.26. The highest BCUT2D eigenvalue weighted by atomic mass is 16.2. The quantitative estimate of drug-likeness (QED) is 0.682. The van der Waals surface area contributed by atoms with E-state index >= 15 is 0 Å². The highest BCUT2D eigenvalue weighted by Crippen LogP contribution is 2.13. The summed E-state index contributed by atoms with van der Waals surface area (Å²) in [5, 5.41) is 9.36. The van der Waals surface area contributed by atoms with E-state index in [0.29, 0.717) is 12.0 Å². The molecule has 2 unspecified atom stereocenters. The van der Waals surface area contributed by atoms with Crippen LogP contribution in [0, 0.1) is 5.92 Å². The van der Waals surface area contributed by atoms with Gasteiger partial charge in [-0.05, 0) is 51.7 Å². The molecule has 2 fully saturated rings. The number of rotatable bonds is 3. The summed E-state index contributed by atoms with van der Waals surface area (Å²) in [6, 6.07) is 0.296. The summed E-state index contributed by atoms with van der Waals surface area (Å²) < 4.78 is 0. The van der Waals surface area contributed by atoms with Crippen molar-refractivity contribution in [3.8, 4) is 0 Å². The van der Waals surface area contributed by atoms with Crippen molar-refractivity contribution >= 4 is 6.03 Å². The van der Waals surface area contributed by atoms with Gasteiger partial charge in [0, 0.05) is 25.7 Å². The Labute approximate surface area is 110 Å². The van der Waals surface area contributed by atoms with Gasteiger partial charge in [0.15, 0.2) is 0 Å². The molecule has 2 aliphatic rings. The van der Waals surface area contributed by atoms with E-state index in [-0.39, 0.29) is 6.03 Å². The molecule has 5 heteroatoms. The highest BCUT2D eigenvalue weighted by molar-refractivity contribution is 5.74. The van der Waals surface area contributed by atoms with Gasteiger partial charge in [-0.25, -0.2) is 4.79 Å². The van der Waals surface area contributed by atoms with Crippen LogP contribution in [-0.2, 0) is 0 Å². The fourth-order valence-corrected chi connectivity index (χ4v) is 2.89. The second-order valence-electron chi connectivity index (χ2n) is 5.67. The minimum atomic E-state index is -0.00285. The van der Waals surface area contributed by atoms with Crippen LogP contribution in [0.2, 0.25) is 0 Å². The summed E-state index contributed by atoms with van der Waals surface area (Å²) in [6.45, 7) is 5.08. The van der Waals surface area contributed by atoms with Crippen molar-refractivity contribution in [3.63, 3.8) is 0 Å². The number of amides is 2. The lowest BCUT2D eigenvalue weighted by atomic mass is 9.98. The molecule has 5 nitrogen and oxygen atoms in total. The molecule has 0 aromatic carbocycles. The van der Waals surface area contributed by atoms with Gasteiger partial charge in [-0.15, -0.1) is 0 Å². The summed E-state index contributed by atoms with van der Waals surface area (Å²) in [7, 11) is 2.15. The van der Waals surface area contributed by atoms with Gasteiger partial charge in [0.25, 0.3) is 0 Å². The molecule has 2 amide bonds. The number of likely N-dealkylation sites (tertiary alicyclic amines) is 1. The number of nitrogens with zero attached hydrogens (tertiary/aromatic N) is 1. The van der Waals surface area contributed by atoms with Gasteiger partial charge in [-0.1, -0.05) is 0 Å². The van der Waals surface area contributed by atoms with Gasteiger partial charge in [0.1, 0.15) is 0 Å². The first kappa shape index (κ1) is 13.6. The number of nitrogens with one attached hydrogen (secondary N) is 3. The van der Waals surface area contributed by atoms with Crippen LogP contribution < -0.4 is 16.0 Å². The molecule has 2 heterocycles. The van der Waals surface area contributed by atoms with Gasteiger partial charge in [0.2, 0.25) is 0 Å². The second kappa shape index (κ2) is 6.95. The van der Waals surface area contributed by atoms with Gasteiger partial charge in [0.05, 0.1) is 0 Å². The molecule has 18 heavy (non-hydrogen) atoms. The van der Waals surface area contributed by atoms with Gasteiger partial charge in [-0.2, -0.15) is 0 Å². The summed E-state index contributed by atoms with van der Waals surface area (Å²) in [5.41, 5.74) is 0. The number of piperidine rings is 2. The lowest BCUT2D eigenvalue weighted by molar-refractivity contribution is 0.200. The molecule has 2 atom stereocenters. The van der Waals surface area contributed by atoms with Crippen LogP contribution in [0.15, 0.2) is 0 Å². The molecule has 0 bridgehead atoms. The van der Waals surface area contributed by atoms with Crippen molar-refractivity contribution < 1.29 is 4.79 Å². The standard InChI is InChI=1S/C13H26N4O/c1-17-7-3-4-11(10-17)8-15-13(18)16-12-5-2-6-14-9-12/h11-12,14H,2-10H2,1H3,(H2,15,16,18). The van der Waals surface area contributed by atoms with E-state index in [9.17, 15) is 4.79 Å². The molecule has 0 aliphatic carbocycles. The molecule has 104 valence electrons. The Balaban J connectivity index is 1.61. The summed E-state index contributed by atoms with van der Waals surface area (Å²) in [5.74, 6) is 0.610. The number of carbonyl (C=O) groups excluding carboxylic acids is 1. The first-order valence-corrected chi connectivity index (χ1v) is 7.17. The average Bonchev–Trinajstić information content (AvgIpc) is 2.38. The first-order chi connectivity index (χ1) is 8.74. The zero-order chi connectivity index (χ0) is 12.8. The maximum absolute atomic E-state index is 11.8. The molecular formula is C13H26N4O. The topological polar surface area (TPSA) is 56.4 Å². The first-order valence-electron chi connectivity index (χ1n) is 7.17. The van der Waals surface area contributed by atoms with E-state index in [2.05, 4.69) is 27.9 Å². The Morgan fingerprint density at radius 1 is 1.39 bits per heavy atom. The lowest BCUT2D eigenvalue weighted by Crippen LogP contribution is -2.50. The van der Waals surface area contributed by atoms with Crippen LogP contribution in [0.4, 0.5) is 4.79 Å². The summed E-state index contributed by atoms with van der Waals surface area (Å²) >= 11 is 0. The number of urea groups is 1. The second-order valence-corrected chi connectivity index (χ2v) is 5.67. The van der Waals surface area contributed by atoms with Crippen LogP contribution in [0.25, 0.3) is 0 Å². The normalized spacial score (nSPS) is 29.8. The molecule has 2 saturated heterocycles. The van der Waals surface area contributed by atoms with Crippen molar-refractivity contribution in [2.45, 2.75) is 31.7 Å². The van der Waals surface area contributed by atoms with E-state index < -0.39 is 0 Å². The Morgan fingerprint density at radius 2 is 2.28 bits per heavy atom. The van der Waals surface area contributed by atoms with E-state index in [1.165, 1.54) is 19.4 Å². The maximum Gasteiger partial charge on any atom is 0.315 e. The predicted molar refractivity (Wildman–Crippen MR) is 72.6 cm³/mol. The van der Waals surface area contributed by atoms with Crippen LogP contribution in [-0.4, -0.2) is 56.7 Å². The molecule has 0 aromatic rings. The van der Waals surface area contributed by atoms with Crippen molar-refractivity contribution in [2.24, 2.45) is 5.92 Å². The fourth-order valence-electron chi connectivity index (χ4n) is 2.89. The third-order valence-corrected chi connectivity index (χ3v) is 3.91. The molecule has 0 radical (unpaired) electrons. The predicted octanol–water partition coefficient (Wildman–Crippen LogP) is 0.379. The SMILES string of the molecule is CN1CCCC(CNC(=O)NC2CCCNC2)C1. The zero-order valence-electron chi connectivity index (χ0n) is 11.4. The van der Waals surface area contributed by atoms with Crippen LogP contribution >= 0.6 is 0 Å². The van der Waals surface area contributed by atoms with Gasteiger partial charge in [-0.3, -0.25) is 0 Å². The van der Waals surface area contributed by atoms with Crippen LogP contribution in [0.1, 0.15) is 25.7 Å². The number of carbonyl (C=O) groups is 1. The van der Waals surface area contributed by atoms with Crippen molar-refractivity contribution in [1.29, 1.82) is 0 Å². The summed E-state index contributed by atoms with van der Waals surface area (Å²) in [6.07, 6.45) is 4.72. The van der Waals surface area contributed by atoms with Crippen LogP contribution in [0.3, 0.4) is 0 Å². The third-order valence-electron chi connectivity index (χ3n) is 3.91. The van der Waals surface area contributed by atoms with E-state index in [0.717, 1.165) is 39.0 Å². The maximum atomic E-state index is 11.8. The highest BCUT2D eigenvalue weighted by Gasteiger charge is 2.19. The number of hydrogen-bond acceptors (Lipinski definition) is 3. The van der Waals surface area contributed by atoms with Gasteiger partial charge < -0.3 is 20.9 Å². The van der Waals surface area contributed by atoms with Gasteiger partial charge >= 0.3 is 6.03 Å². The molecule has 2 aliphatic heterocycles. The third kappa shape index (κ3) is 4.46. The number of hydrogen-bond donors (Lipinski definition) is 3. The Morgan fingerprint density at radius 3 is 3.00 bits per heavy atom. The van der Waals surface area contributed by atoms with Crippen LogP contribution in [0.5, 0.6) is 0 Å². The Hall–Kier alpha value is -0.810. The monoisotopic (exact) mass is 254 g/mol. The minimum Gasteiger partial charge on any atom is -0.338 e. The van der Waals surface area contributed by atoms with E-state index in [1.54, 1.807) is 0 Å². The van der Waals surface area contributed by atoms with E-state index in [4.69, 9.17) is 0 Å². The largest absolute Gasteiger partial charge is 0.338 e. The Bertz CT molecular complexity index is 266. The van der Waals surface area contributed by atoms with Crippen molar-refractivity contribution in [1.82, 2.24) is 20.9 Å². The smallest absolute Gasteiger partial charge is 0.315 e. The van der Waals surface area contributed by atoms with Crippen molar-refractivity contribution in [2.75, 3.05) is 39.8 Å². The summed E-state index contributed by atoms with van der Waals surface area (Å²) in [4.78, 5) is 14.1. The zero-order valence-corrected chi connectivity index (χ0v) is 11.4. The molecule has 0 spiro atoms. The molecule has 0 aromatic heterocycles. The lowest BCUT2D eigenvalue weighted by Gasteiger charge is -2.30. The van der Waals surface area contributed by atoms with E-state index in [1.807, 2.05) is 0 Å². The molecule has 2 rings (SSSR count).